The molecule has 1 fully saturated rings. The van der Waals surface area contributed by atoms with E-state index < -0.39 is 11.9 Å². The number of aromatic nitrogens is 1. The molecular weight excluding hydrogens is 279 g/mol. The summed E-state index contributed by atoms with van der Waals surface area (Å²) in [6.07, 6.45) is -3.05. The molecule has 21 heavy (non-hydrogen) atoms. The molecule has 1 aliphatic rings. The van der Waals surface area contributed by atoms with Crippen molar-refractivity contribution in [3.63, 3.8) is 0 Å². The zero-order valence-electron chi connectivity index (χ0n) is 11.4. The van der Waals surface area contributed by atoms with E-state index in [9.17, 15) is 13.2 Å². The molecule has 2 aromatic rings. The first-order valence-electron chi connectivity index (χ1n) is 6.93. The van der Waals surface area contributed by atoms with Gasteiger partial charge in [-0.05, 0) is 61.7 Å². The van der Waals surface area contributed by atoms with E-state index in [0.717, 1.165) is 13.1 Å². The predicted molar refractivity (Wildman–Crippen MR) is 76.0 cm³/mol. The Balaban J connectivity index is 2.18. The first-order valence-corrected chi connectivity index (χ1v) is 6.93. The second-order valence-corrected chi connectivity index (χ2v) is 5.40. The summed E-state index contributed by atoms with van der Waals surface area (Å²) >= 11 is 0. The lowest BCUT2D eigenvalue weighted by molar-refractivity contribution is -0.141. The number of rotatable bonds is 1. The summed E-state index contributed by atoms with van der Waals surface area (Å²) in [4.78, 5) is 3.86. The van der Waals surface area contributed by atoms with Gasteiger partial charge in [-0.15, -0.1) is 0 Å². The Morgan fingerprint density at radius 3 is 2.52 bits per heavy atom. The van der Waals surface area contributed by atoms with Gasteiger partial charge in [0.15, 0.2) is 0 Å². The molecule has 0 unspecified atom stereocenters. The van der Waals surface area contributed by atoms with Crippen molar-refractivity contribution in [1.29, 1.82) is 0 Å². The number of alkyl halides is 3. The van der Waals surface area contributed by atoms with Crippen LogP contribution >= 0.6 is 0 Å². The van der Waals surface area contributed by atoms with Crippen molar-refractivity contribution in [2.24, 2.45) is 0 Å². The smallest absolute Gasteiger partial charge is 0.399 e. The number of hydrogen-bond donors (Lipinski definition) is 2. The van der Waals surface area contributed by atoms with E-state index in [1.165, 1.54) is 6.07 Å². The molecule has 3 N–H and O–H groups in total. The van der Waals surface area contributed by atoms with Gasteiger partial charge in [-0.25, -0.2) is 4.98 Å². The third-order valence-electron chi connectivity index (χ3n) is 3.92. The molecule has 2 heterocycles. The van der Waals surface area contributed by atoms with E-state index in [2.05, 4.69) is 10.3 Å². The van der Waals surface area contributed by atoms with Crippen LogP contribution in [0.1, 0.15) is 30.0 Å². The second kappa shape index (κ2) is 5.18. The van der Waals surface area contributed by atoms with Crippen LogP contribution in [0, 0.1) is 0 Å². The highest BCUT2D eigenvalue weighted by molar-refractivity contribution is 5.83. The lowest BCUT2D eigenvalue weighted by atomic mass is 9.88. The topological polar surface area (TPSA) is 50.9 Å². The van der Waals surface area contributed by atoms with Crippen molar-refractivity contribution in [3.8, 4) is 0 Å². The summed E-state index contributed by atoms with van der Waals surface area (Å²) in [6, 6.07) is 6.39. The molecule has 1 aliphatic heterocycles. The number of benzene rings is 1. The average molecular weight is 295 g/mol. The van der Waals surface area contributed by atoms with Crippen molar-refractivity contribution in [1.82, 2.24) is 10.3 Å². The maximum Gasteiger partial charge on any atom is 0.433 e. The van der Waals surface area contributed by atoms with Gasteiger partial charge in [0.05, 0.1) is 5.52 Å². The van der Waals surface area contributed by atoms with Crippen molar-refractivity contribution in [2.75, 3.05) is 18.8 Å². The van der Waals surface area contributed by atoms with E-state index in [4.69, 9.17) is 5.73 Å². The minimum Gasteiger partial charge on any atom is -0.399 e. The molecule has 0 bridgehead atoms. The zero-order chi connectivity index (χ0) is 15.0. The third-order valence-corrected chi connectivity index (χ3v) is 3.92. The Morgan fingerprint density at radius 1 is 1.14 bits per heavy atom. The molecule has 1 aromatic carbocycles. The minimum atomic E-state index is -4.43. The zero-order valence-corrected chi connectivity index (χ0v) is 11.4. The van der Waals surface area contributed by atoms with E-state index in [-0.39, 0.29) is 5.92 Å². The van der Waals surface area contributed by atoms with E-state index in [1.807, 2.05) is 0 Å². The number of nitrogen functional groups attached to an aromatic ring is 1. The Hall–Kier alpha value is -1.82. The SMILES string of the molecule is Nc1ccc2nc(C(F)(F)F)c(C3CCNCC3)cc2c1. The van der Waals surface area contributed by atoms with Gasteiger partial charge in [0.2, 0.25) is 0 Å². The number of nitrogens with two attached hydrogens (primary N) is 1. The number of fused-ring (bicyclic) bond motifs is 1. The van der Waals surface area contributed by atoms with Crippen LogP contribution in [0.4, 0.5) is 18.9 Å². The van der Waals surface area contributed by atoms with Gasteiger partial charge in [0.1, 0.15) is 5.69 Å². The maximum atomic E-state index is 13.3. The van der Waals surface area contributed by atoms with Crippen LogP contribution in [-0.2, 0) is 6.18 Å². The number of hydrogen-bond acceptors (Lipinski definition) is 3. The Labute approximate surface area is 120 Å². The van der Waals surface area contributed by atoms with Crippen LogP contribution in [0.5, 0.6) is 0 Å². The molecule has 1 saturated heterocycles. The van der Waals surface area contributed by atoms with Gasteiger partial charge in [0, 0.05) is 11.1 Å². The number of anilines is 1. The van der Waals surface area contributed by atoms with Crippen LogP contribution in [-0.4, -0.2) is 18.1 Å². The number of nitrogens with one attached hydrogen (secondary N) is 1. The van der Waals surface area contributed by atoms with E-state index in [0.29, 0.717) is 35.0 Å². The number of nitrogens with zero attached hydrogens (tertiary/aromatic N) is 1. The molecule has 3 rings (SSSR count). The van der Waals surface area contributed by atoms with Gasteiger partial charge >= 0.3 is 6.18 Å². The van der Waals surface area contributed by atoms with Gasteiger partial charge in [-0.1, -0.05) is 0 Å². The molecule has 6 heteroatoms. The molecule has 0 saturated carbocycles. The molecule has 0 aliphatic carbocycles. The van der Waals surface area contributed by atoms with Crippen LogP contribution in [0.15, 0.2) is 24.3 Å². The highest BCUT2D eigenvalue weighted by Crippen LogP contribution is 2.38. The van der Waals surface area contributed by atoms with Crippen LogP contribution < -0.4 is 11.1 Å². The van der Waals surface area contributed by atoms with Gasteiger partial charge in [0.25, 0.3) is 0 Å². The summed E-state index contributed by atoms with van der Waals surface area (Å²) < 4.78 is 39.9. The highest BCUT2D eigenvalue weighted by atomic mass is 19.4. The molecule has 0 amide bonds. The number of pyridine rings is 1. The highest BCUT2D eigenvalue weighted by Gasteiger charge is 2.37. The van der Waals surface area contributed by atoms with Crippen LogP contribution in [0.2, 0.25) is 0 Å². The van der Waals surface area contributed by atoms with Crippen molar-refractivity contribution in [2.45, 2.75) is 24.9 Å². The summed E-state index contributed by atoms with van der Waals surface area (Å²) in [5.74, 6) is -0.110. The lowest BCUT2D eigenvalue weighted by Crippen LogP contribution is -2.28. The molecule has 0 atom stereocenters. The van der Waals surface area contributed by atoms with Gasteiger partial charge < -0.3 is 11.1 Å². The summed E-state index contributed by atoms with van der Waals surface area (Å²) in [5.41, 5.74) is 6.11. The quantitative estimate of drug-likeness (QED) is 0.794. The third kappa shape index (κ3) is 2.81. The lowest BCUT2D eigenvalue weighted by Gasteiger charge is -2.25. The molecule has 0 radical (unpaired) electrons. The Morgan fingerprint density at radius 2 is 1.86 bits per heavy atom. The monoisotopic (exact) mass is 295 g/mol. The van der Waals surface area contributed by atoms with Crippen LogP contribution in [0.25, 0.3) is 10.9 Å². The van der Waals surface area contributed by atoms with E-state index >= 15 is 0 Å². The second-order valence-electron chi connectivity index (χ2n) is 5.40. The average Bonchev–Trinajstić information content (AvgIpc) is 2.45. The minimum absolute atomic E-state index is 0.110. The fourth-order valence-electron chi connectivity index (χ4n) is 2.88. The first-order chi connectivity index (χ1) is 9.95. The standard InChI is InChI=1S/C15H16F3N3/c16-15(17,18)14-12(9-3-5-20-6-4-9)8-10-7-11(19)1-2-13(10)21-14/h1-2,7-9,20H,3-6,19H2. The maximum absolute atomic E-state index is 13.3. The molecule has 3 nitrogen and oxygen atoms in total. The largest absolute Gasteiger partial charge is 0.433 e. The molecule has 112 valence electrons. The normalized spacial score (nSPS) is 17.3. The van der Waals surface area contributed by atoms with Crippen LogP contribution in [0.3, 0.4) is 0 Å². The molecule has 1 aromatic heterocycles. The van der Waals surface area contributed by atoms with E-state index in [1.54, 1.807) is 18.2 Å². The molecule has 0 spiro atoms. The summed E-state index contributed by atoms with van der Waals surface area (Å²) in [7, 11) is 0. The molecular formula is C15H16F3N3. The fraction of sp³-hybridized carbons (Fsp3) is 0.400. The first kappa shape index (κ1) is 14.1. The van der Waals surface area contributed by atoms with Gasteiger partial charge in [-0.2, -0.15) is 13.2 Å². The van der Waals surface area contributed by atoms with Crippen molar-refractivity contribution >= 4 is 16.6 Å². The summed E-state index contributed by atoms with van der Waals surface area (Å²) in [6.45, 7) is 1.47. The van der Waals surface area contributed by atoms with Crippen molar-refractivity contribution < 1.29 is 13.2 Å². The Kier molecular flexibility index (Phi) is 3.49. The number of piperidine rings is 1. The number of halogens is 3. The summed E-state index contributed by atoms with van der Waals surface area (Å²) in [5, 5.41) is 3.83. The fourth-order valence-corrected chi connectivity index (χ4v) is 2.88. The van der Waals surface area contributed by atoms with Crippen molar-refractivity contribution in [3.05, 3.63) is 35.5 Å². The predicted octanol–water partition coefficient (Wildman–Crippen LogP) is 3.30. The van der Waals surface area contributed by atoms with Gasteiger partial charge in [-0.3, -0.25) is 0 Å². The Bertz CT molecular complexity index is 661.